The molecule has 0 aliphatic rings. The van der Waals surface area contributed by atoms with Crippen LogP contribution in [-0.2, 0) is 0 Å². The fourth-order valence-corrected chi connectivity index (χ4v) is 3.75. The molecule has 0 atom stereocenters. The predicted molar refractivity (Wildman–Crippen MR) is 101 cm³/mol. The molecule has 3 aromatic carbocycles. The molecule has 0 aliphatic heterocycles. The Labute approximate surface area is 147 Å². The zero-order valence-corrected chi connectivity index (χ0v) is 13.6. The van der Waals surface area contributed by atoms with Gasteiger partial charge in [0.05, 0.1) is 11.0 Å². The molecule has 0 N–H and O–H groups in total. The number of hydrogen-bond acceptors (Lipinski definition) is 4. The van der Waals surface area contributed by atoms with Crippen LogP contribution in [0.25, 0.3) is 49.7 Å². The van der Waals surface area contributed by atoms with Gasteiger partial charge in [-0.15, -0.1) is 0 Å². The van der Waals surface area contributed by atoms with Crippen molar-refractivity contribution in [3.05, 3.63) is 73.3 Å². The molecule has 0 aliphatic carbocycles. The summed E-state index contributed by atoms with van der Waals surface area (Å²) in [6.45, 7) is 0. The number of nitrogens with zero attached hydrogens (tertiary/aromatic N) is 4. The third-order valence-corrected chi connectivity index (χ3v) is 4.85. The zero-order chi connectivity index (χ0) is 17.1. The summed E-state index contributed by atoms with van der Waals surface area (Å²) < 4.78 is 8.14. The molecular weight excluding hydrogens is 324 g/mol. The summed E-state index contributed by atoms with van der Waals surface area (Å²) in [7, 11) is 0. The van der Waals surface area contributed by atoms with Crippen LogP contribution in [-0.4, -0.2) is 19.5 Å². The van der Waals surface area contributed by atoms with E-state index in [1.807, 2.05) is 24.3 Å². The molecule has 3 aromatic heterocycles. The maximum absolute atomic E-state index is 6.08. The maximum Gasteiger partial charge on any atom is 0.237 e. The summed E-state index contributed by atoms with van der Waals surface area (Å²) in [5.74, 6) is 0.599. The first-order chi connectivity index (χ1) is 12.9. The van der Waals surface area contributed by atoms with Crippen molar-refractivity contribution in [1.29, 1.82) is 0 Å². The zero-order valence-electron chi connectivity index (χ0n) is 13.6. The van der Waals surface area contributed by atoms with Crippen LogP contribution in [0.4, 0.5) is 0 Å². The predicted octanol–water partition coefficient (Wildman–Crippen LogP) is 4.87. The fourth-order valence-electron chi connectivity index (χ4n) is 3.75. The highest BCUT2D eigenvalue weighted by Crippen LogP contribution is 2.37. The topological polar surface area (TPSA) is 56.7 Å². The Bertz CT molecular complexity index is 1430. The van der Waals surface area contributed by atoms with Crippen LogP contribution in [0.3, 0.4) is 0 Å². The van der Waals surface area contributed by atoms with Crippen molar-refractivity contribution in [2.75, 3.05) is 0 Å². The van der Waals surface area contributed by atoms with Crippen molar-refractivity contribution in [1.82, 2.24) is 19.5 Å². The van der Waals surface area contributed by atoms with E-state index in [4.69, 9.17) is 4.42 Å². The first-order valence-electron chi connectivity index (χ1n) is 8.37. The highest BCUT2D eigenvalue weighted by atomic mass is 16.3. The molecule has 0 bridgehead atoms. The van der Waals surface area contributed by atoms with Crippen molar-refractivity contribution in [3.63, 3.8) is 0 Å². The van der Waals surface area contributed by atoms with Crippen LogP contribution in [0, 0.1) is 0 Å². The molecule has 0 amide bonds. The van der Waals surface area contributed by atoms with E-state index in [0.717, 1.165) is 43.7 Å². The number of rotatable bonds is 1. The van der Waals surface area contributed by atoms with Gasteiger partial charge in [-0.1, -0.05) is 36.4 Å². The minimum absolute atomic E-state index is 0.599. The van der Waals surface area contributed by atoms with Crippen LogP contribution in [0.5, 0.6) is 0 Å². The van der Waals surface area contributed by atoms with E-state index in [-0.39, 0.29) is 0 Å². The van der Waals surface area contributed by atoms with E-state index >= 15 is 0 Å². The number of hydrogen-bond donors (Lipinski definition) is 0. The lowest BCUT2D eigenvalue weighted by Crippen LogP contribution is -2.00. The normalized spacial score (nSPS) is 11.8. The molecule has 5 heteroatoms. The lowest BCUT2D eigenvalue weighted by atomic mass is 10.1. The molecule has 26 heavy (non-hydrogen) atoms. The van der Waals surface area contributed by atoms with Gasteiger partial charge in [-0.2, -0.15) is 0 Å². The number of aromatic nitrogens is 4. The van der Waals surface area contributed by atoms with Gasteiger partial charge >= 0.3 is 0 Å². The Morgan fingerprint density at radius 3 is 2.31 bits per heavy atom. The number of para-hydroxylation sites is 2. The molecule has 0 unspecified atom stereocenters. The molecule has 6 rings (SSSR count). The lowest BCUT2D eigenvalue weighted by molar-refractivity contribution is 0.669. The van der Waals surface area contributed by atoms with Gasteiger partial charge in [-0.05, 0) is 18.2 Å². The van der Waals surface area contributed by atoms with Crippen LogP contribution in [0.2, 0.25) is 0 Å². The second-order valence-electron chi connectivity index (χ2n) is 6.25. The molecule has 6 aromatic rings. The van der Waals surface area contributed by atoms with Crippen LogP contribution in [0.1, 0.15) is 0 Å². The highest BCUT2D eigenvalue weighted by Gasteiger charge is 2.16. The summed E-state index contributed by atoms with van der Waals surface area (Å²) in [5.41, 5.74) is 3.83. The van der Waals surface area contributed by atoms with Crippen molar-refractivity contribution < 1.29 is 4.42 Å². The number of benzene rings is 3. The molecule has 5 nitrogen and oxygen atoms in total. The van der Waals surface area contributed by atoms with Crippen LogP contribution < -0.4 is 0 Å². The van der Waals surface area contributed by atoms with E-state index in [1.165, 1.54) is 12.7 Å². The maximum atomic E-state index is 6.08. The SMILES string of the molecule is c1ccc2c(c1)oc1cc3c(cc12)c1ccccc1n3-c1ncncn1. The van der Waals surface area contributed by atoms with Crippen molar-refractivity contribution in [2.45, 2.75) is 0 Å². The van der Waals surface area contributed by atoms with Gasteiger partial charge in [0, 0.05) is 27.6 Å². The second-order valence-corrected chi connectivity index (χ2v) is 6.25. The van der Waals surface area contributed by atoms with Crippen molar-refractivity contribution >= 4 is 43.7 Å². The Morgan fingerprint density at radius 2 is 1.42 bits per heavy atom. The summed E-state index contributed by atoms with van der Waals surface area (Å²) in [6, 6.07) is 20.7. The van der Waals surface area contributed by atoms with Crippen LogP contribution in [0.15, 0.2) is 77.7 Å². The first-order valence-corrected chi connectivity index (χ1v) is 8.37. The van der Waals surface area contributed by atoms with Gasteiger partial charge in [-0.3, -0.25) is 4.57 Å². The summed E-state index contributed by atoms with van der Waals surface area (Å²) >= 11 is 0. The van der Waals surface area contributed by atoms with E-state index in [2.05, 4.69) is 55.9 Å². The standard InChI is InChI=1S/C21H12N4O/c1-3-7-17-13(5-1)15-9-16-14-6-2-4-8-19(14)26-20(16)10-18(15)25(17)21-23-11-22-12-24-21/h1-12H. The fraction of sp³-hybridized carbons (Fsp3) is 0. The van der Waals surface area contributed by atoms with Gasteiger partial charge in [0.1, 0.15) is 23.8 Å². The van der Waals surface area contributed by atoms with Gasteiger partial charge in [-0.25, -0.2) is 15.0 Å². The first kappa shape index (κ1) is 13.5. The molecule has 0 saturated heterocycles. The lowest BCUT2D eigenvalue weighted by Gasteiger charge is -2.04. The minimum Gasteiger partial charge on any atom is -0.456 e. The Balaban J connectivity index is 1.85. The van der Waals surface area contributed by atoms with Gasteiger partial charge in [0.25, 0.3) is 0 Å². The third kappa shape index (κ3) is 1.71. The minimum atomic E-state index is 0.599. The molecule has 0 saturated carbocycles. The largest absolute Gasteiger partial charge is 0.456 e. The highest BCUT2D eigenvalue weighted by molar-refractivity contribution is 6.17. The van der Waals surface area contributed by atoms with Gasteiger partial charge < -0.3 is 4.42 Å². The smallest absolute Gasteiger partial charge is 0.237 e. The number of fused-ring (bicyclic) bond motifs is 6. The van der Waals surface area contributed by atoms with Gasteiger partial charge in [0.2, 0.25) is 5.95 Å². The molecule has 0 radical (unpaired) electrons. The van der Waals surface area contributed by atoms with Crippen molar-refractivity contribution in [3.8, 4) is 5.95 Å². The van der Waals surface area contributed by atoms with E-state index in [9.17, 15) is 0 Å². The molecule has 122 valence electrons. The van der Waals surface area contributed by atoms with E-state index < -0.39 is 0 Å². The number of furan rings is 1. The Morgan fingerprint density at radius 1 is 0.654 bits per heavy atom. The second kappa shape index (κ2) is 4.89. The average molecular weight is 336 g/mol. The Kier molecular flexibility index (Phi) is 2.55. The molecule has 0 fully saturated rings. The molecule has 0 spiro atoms. The van der Waals surface area contributed by atoms with Crippen molar-refractivity contribution in [2.24, 2.45) is 0 Å². The summed E-state index contributed by atoms with van der Waals surface area (Å²) in [6.07, 6.45) is 3.03. The van der Waals surface area contributed by atoms with E-state index in [1.54, 1.807) is 0 Å². The molecule has 3 heterocycles. The molecular formula is C21H12N4O. The van der Waals surface area contributed by atoms with Gasteiger partial charge in [0.15, 0.2) is 0 Å². The third-order valence-electron chi connectivity index (χ3n) is 4.85. The summed E-state index contributed by atoms with van der Waals surface area (Å²) in [4.78, 5) is 12.6. The van der Waals surface area contributed by atoms with Crippen LogP contribution >= 0.6 is 0 Å². The quantitative estimate of drug-likeness (QED) is 0.430. The average Bonchev–Trinajstić information content (AvgIpc) is 3.22. The van der Waals surface area contributed by atoms with E-state index in [0.29, 0.717) is 5.95 Å². The Hall–Kier alpha value is -3.73. The monoisotopic (exact) mass is 336 g/mol. The summed E-state index contributed by atoms with van der Waals surface area (Å²) in [5, 5.41) is 4.56.